The fourth-order valence-corrected chi connectivity index (χ4v) is 3.39. The number of benzene rings is 2. The predicted molar refractivity (Wildman–Crippen MR) is 98.9 cm³/mol. The highest BCUT2D eigenvalue weighted by Gasteiger charge is 2.34. The fourth-order valence-electron chi connectivity index (χ4n) is 2.68. The number of thioether (sulfide) groups is 1. The minimum absolute atomic E-state index is 0.152. The highest BCUT2D eigenvalue weighted by molar-refractivity contribution is 7.99. The summed E-state index contributed by atoms with van der Waals surface area (Å²) in [5.41, 5.74) is 2.05. The van der Waals surface area contributed by atoms with E-state index in [9.17, 15) is 18.8 Å². The van der Waals surface area contributed by atoms with Crippen LogP contribution in [0, 0.1) is 12.7 Å². The Morgan fingerprint density at radius 3 is 2.42 bits per heavy atom. The first kappa shape index (κ1) is 18.1. The van der Waals surface area contributed by atoms with E-state index in [2.05, 4.69) is 5.32 Å². The molecule has 1 heterocycles. The lowest BCUT2D eigenvalue weighted by Gasteiger charge is -2.13. The van der Waals surface area contributed by atoms with Gasteiger partial charge < -0.3 is 5.32 Å². The van der Waals surface area contributed by atoms with Crippen LogP contribution in [0.3, 0.4) is 0 Å². The lowest BCUT2D eigenvalue weighted by molar-refractivity contribution is -0.113. The number of fused-ring (bicyclic) bond motifs is 1. The second-order valence-corrected chi connectivity index (χ2v) is 6.97. The summed E-state index contributed by atoms with van der Waals surface area (Å²) < 4.78 is 13.2. The second kappa shape index (κ2) is 7.70. The third-order valence-electron chi connectivity index (χ3n) is 4.04. The van der Waals surface area contributed by atoms with Gasteiger partial charge in [-0.1, -0.05) is 18.2 Å². The lowest BCUT2D eigenvalue weighted by atomic mass is 10.1. The van der Waals surface area contributed by atoms with Gasteiger partial charge in [0.15, 0.2) is 0 Å². The molecule has 26 heavy (non-hydrogen) atoms. The number of amides is 3. The molecule has 3 rings (SSSR count). The topological polar surface area (TPSA) is 66.5 Å². The molecule has 1 N–H and O–H groups in total. The Bertz CT molecular complexity index is 850. The third kappa shape index (κ3) is 3.77. The molecule has 0 bridgehead atoms. The number of imide groups is 1. The monoisotopic (exact) mass is 372 g/mol. The van der Waals surface area contributed by atoms with E-state index >= 15 is 0 Å². The molecular formula is C19H17FN2O3S. The Balaban J connectivity index is 1.47. The Kier molecular flexibility index (Phi) is 5.37. The smallest absolute Gasteiger partial charge is 0.261 e. The van der Waals surface area contributed by atoms with Gasteiger partial charge >= 0.3 is 0 Å². The maximum Gasteiger partial charge on any atom is 0.261 e. The van der Waals surface area contributed by atoms with Gasteiger partial charge in [0.05, 0.1) is 16.9 Å². The summed E-state index contributed by atoms with van der Waals surface area (Å²) >= 11 is 1.31. The van der Waals surface area contributed by atoms with Gasteiger partial charge in [-0.3, -0.25) is 19.3 Å². The maximum atomic E-state index is 13.2. The van der Waals surface area contributed by atoms with E-state index in [4.69, 9.17) is 0 Å². The van der Waals surface area contributed by atoms with Crippen molar-refractivity contribution in [2.24, 2.45) is 0 Å². The summed E-state index contributed by atoms with van der Waals surface area (Å²) in [5, 5.41) is 2.66. The van der Waals surface area contributed by atoms with Gasteiger partial charge in [-0.2, -0.15) is 11.8 Å². The van der Waals surface area contributed by atoms with Crippen LogP contribution in [0.1, 0.15) is 26.3 Å². The summed E-state index contributed by atoms with van der Waals surface area (Å²) in [5.74, 6) is -0.674. The maximum absolute atomic E-state index is 13.2. The quantitative estimate of drug-likeness (QED) is 0.625. The molecule has 0 atom stereocenters. The predicted octanol–water partition coefficient (Wildman–Crippen LogP) is 3.10. The zero-order chi connectivity index (χ0) is 18.7. The van der Waals surface area contributed by atoms with E-state index in [1.807, 2.05) is 0 Å². The number of aryl methyl sites for hydroxylation is 1. The minimum Gasteiger partial charge on any atom is -0.325 e. The molecule has 0 aromatic heterocycles. The van der Waals surface area contributed by atoms with E-state index in [1.54, 1.807) is 37.3 Å². The van der Waals surface area contributed by atoms with Crippen LogP contribution in [-0.2, 0) is 4.79 Å². The number of hydrogen-bond donors (Lipinski definition) is 1. The number of carbonyl (C=O) groups is 3. The first-order valence-electron chi connectivity index (χ1n) is 8.06. The van der Waals surface area contributed by atoms with Gasteiger partial charge in [0.2, 0.25) is 5.91 Å². The molecule has 0 saturated carbocycles. The van der Waals surface area contributed by atoms with Gasteiger partial charge in [0.1, 0.15) is 5.82 Å². The number of nitrogens with one attached hydrogen (secondary N) is 1. The summed E-state index contributed by atoms with van der Waals surface area (Å²) in [7, 11) is 0. The minimum atomic E-state index is -0.413. The van der Waals surface area contributed by atoms with E-state index in [-0.39, 0.29) is 30.0 Å². The molecule has 3 amide bonds. The van der Waals surface area contributed by atoms with Crippen molar-refractivity contribution in [1.82, 2.24) is 4.90 Å². The molecule has 0 unspecified atom stereocenters. The van der Waals surface area contributed by atoms with Crippen LogP contribution in [0.4, 0.5) is 10.1 Å². The van der Waals surface area contributed by atoms with Crippen molar-refractivity contribution in [1.29, 1.82) is 0 Å². The van der Waals surface area contributed by atoms with E-state index in [0.29, 0.717) is 22.6 Å². The largest absolute Gasteiger partial charge is 0.325 e. The van der Waals surface area contributed by atoms with E-state index < -0.39 is 5.82 Å². The molecular weight excluding hydrogens is 355 g/mol. The molecule has 7 heteroatoms. The molecule has 1 aliphatic rings. The third-order valence-corrected chi connectivity index (χ3v) is 4.98. The van der Waals surface area contributed by atoms with Crippen LogP contribution in [-0.4, -0.2) is 40.7 Å². The van der Waals surface area contributed by atoms with Crippen LogP contribution < -0.4 is 5.32 Å². The van der Waals surface area contributed by atoms with Crippen molar-refractivity contribution in [3.63, 3.8) is 0 Å². The molecule has 2 aromatic rings. The van der Waals surface area contributed by atoms with Crippen molar-refractivity contribution < 1.29 is 18.8 Å². The van der Waals surface area contributed by atoms with Crippen LogP contribution in [0.25, 0.3) is 0 Å². The van der Waals surface area contributed by atoms with E-state index in [0.717, 1.165) is 5.56 Å². The van der Waals surface area contributed by atoms with Gasteiger partial charge in [0, 0.05) is 18.0 Å². The number of rotatable bonds is 6. The SMILES string of the molecule is Cc1ccc(F)cc1NC(=O)CSCCN1C(=O)c2ccccc2C1=O. The van der Waals surface area contributed by atoms with Crippen molar-refractivity contribution >= 4 is 35.2 Å². The highest BCUT2D eigenvalue weighted by atomic mass is 32.2. The molecule has 1 aliphatic heterocycles. The van der Waals surface area contributed by atoms with Crippen molar-refractivity contribution in [2.75, 3.05) is 23.4 Å². The molecule has 0 spiro atoms. The van der Waals surface area contributed by atoms with Gasteiger partial charge in [-0.15, -0.1) is 0 Å². The first-order chi connectivity index (χ1) is 12.5. The zero-order valence-corrected chi connectivity index (χ0v) is 14.9. The van der Waals surface area contributed by atoms with Crippen LogP contribution >= 0.6 is 11.8 Å². The molecule has 0 saturated heterocycles. The van der Waals surface area contributed by atoms with Crippen LogP contribution in [0.15, 0.2) is 42.5 Å². The van der Waals surface area contributed by atoms with Crippen molar-refractivity contribution in [3.05, 3.63) is 65.0 Å². The van der Waals surface area contributed by atoms with Gasteiger partial charge in [0.25, 0.3) is 11.8 Å². The molecule has 0 aliphatic carbocycles. The number of halogens is 1. The molecule has 2 aromatic carbocycles. The second-order valence-electron chi connectivity index (χ2n) is 5.87. The normalized spacial score (nSPS) is 13.1. The first-order valence-corrected chi connectivity index (χ1v) is 9.22. The molecule has 0 fully saturated rings. The number of anilines is 1. The van der Waals surface area contributed by atoms with Gasteiger partial charge in [-0.25, -0.2) is 4.39 Å². The number of hydrogen-bond acceptors (Lipinski definition) is 4. The molecule has 0 radical (unpaired) electrons. The fraction of sp³-hybridized carbons (Fsp3) is 0.211. The summed E-state index contributed by atoms with van der Waals surface area (Å²) in [6.07, 6.45) is 0. The number of carbonyl (C=O) groups excluding carboxylic acids is 3. The molecule has 5 nitrogen and oxygen atoms in total. The average molecular weight is 372 g/mol. The Hall–Kier alpha value is -2.67. The molecule has 134 valence electrons. The average Bonchev–Trinajstić information content (AvgIpc) is 2.87. The Morgan fingerprint density at radius 1 is 1.12 bits per heavy atom. The van der Waals surface area contributed by atoms with Crippen LogP contribution in [0.2, 0.25) is 0 Å². The highest BCUT2D eigenvalue weighted by Crippen LogP contribution is 2.22. The summed E-state index contributed by atoms with van der Waals surface area (Å²) in [6.45, 7) is 2.02. The van der Waals surface area contributed by atoms with Gasteiger partial charge in [-0.05, 0) is 36.8 Å². The standard InChI is InChI=1S/C19H17FN2O3S/c1-12-6-7-13(20)10-16(12)21-17(23)11-26-9-8-22-18(24)14-4-2-3-5-15(14)19(22)25/h2-7,10H,8-9,11H2,1H3,(H,21,23). The lowest BCUT2D eigenvalue weighted by Crippen LogP contribution is -2.32. The summed E-state index contributed by atoms with van der Waals surface area (Å²) in [4.78, 5) is 37.6. The number of nitrogens with zero attached hydrogens (tertiary/aromatic N) is 1. The zero-order valence-electron chi connectivity index (χ0n) is 14.1. The Labute approximate surface area is 154 Å². The van der Waals surface area contributed by atoms with E-state index in [1.165, 1.54) is 28.8 Å². The summed E-state index contributed by atoms with van der Waals surface area (Å²) in [6, 6.07) is 10.9. The Morgan fingerprint density at radius 2 is 1.77 bits per heavy atom. The van der Waals surface area contributed by atoms with Crippen LogP contribution in [0.5, 0.6) is 0 Å². The van der Waals surface area contributed by atoms with Crippen molar-refractivity contribution in [3.8, 4) is 0 Å². The van der Waals surface area contributed by atoms with Crippen molar-refractivity contribution in [2.45, 2.75) is 6.92 Å².